The van der Waals surface area contributed by atoms with Gasteiger partial charge in [-0.3, -0.25) is 4.72 Å². The predicted octanol–water partition coefficient (Wildman–Crippen LogP) is 5.81. The zero-order valence-electron chi connectivity index (χ0n) is 21.4. The fourth-order valence-electron chi connectivity index (χ4n) is 3.82. The summed E-state index contributed by atoms with van der Waals surface area (Å²) >= 11 is 1.63. The van der Waals surface area contributed by atoms with Crippen LogP contribution >= 0.6 is 11.9 Å². The molecule has 2 aromatic carbocycles. The number of rotatable bonds is 8. The van der Waals surface area contributed by atoms with Crippen molar-refractivity contribution >= 4 is 40.8 Å². The first-order valence-corrected chi connectivity index (χ1v) is 13.1. The smallest absolute Gasteiger partial charge is 0.229 e. The van der Waals surface area contributed by atoms with E-state index in [0.717, 1.165) is 60.4 Å². The number of aryl methyl sites for hydroxylation is 1. The Balaban J connectivity index is 1.40. The van der Waals surface area contributed by atoms with Crippen molar-refractivity contribution in [1.82, 2.24) is 19.6 Å². The van der Waals surface area contributed by atoms with Crippen LogP contribution in [0.25, 0.3) is 0 Å². The Kier molecular flexibility index (Phi) is 8.15. The Morgan fingerprint density at radius 2 is 1.69 bits per heavy atom. The second-order valence-electron chi connectivity index (χ2n) is 9.93. The summed E-state index contributed by atoms with van der Waals surface area (Å²) in [6.45, 7) is 16.2. The summed E-state index contributed by atoms with van der Waals surface area (Å²) in [5.74, 6) is 1.36. The normalized spacial score (nSPS) is 14.7. The van der Waals surface area contributed by atoms with Crippen molar-refractivity contribution in [2.75, 3.05) is 48.3 Å². The molecule has 4 rings (SSSR count). The Morgan fingerprint density at radius 3 is 2.37 bits per heavy atom. The molecule has 1 aromatic heterocycles. The molecule has 0 bridgehead atoms. The van der Waals surface area contributed by atoms with Gasteiger partial charge >= 0.3 is 0 Å². The number of benzene rings is 2. The van der Waals surface area contributed by atoms with Crippen LogP contribution in [0.15, 0.2) is 59.6 Å². The molecule has 1 saturated heterocycles. The molecule has 2 heterocycles. The molecule has 7 nitrogen and oxygen atoms in total. The quantitative estimate of drug-likeness (QED) is 0.341. The topological polar surface area (TPSA) is 68.3 Å². The monoisotopic (exact) mass is 491 g/mol. The molecule has 1 aliphatic rings. The molecule has 0 saturated carbocycles. The molecular formula is C27H37N7S. The maximum atomic E-state index is 4.74. The highest BCUT2D eigenvalue weighted by Crippen LogP contribution is 2.26. The molecule has 1 aliphatic heterocycles. The van der Waals surface area contributed by atoms with Crippen LogP contribution in [0.3, 0.4) is 0 Å². The maximum absolute atomic E-state index is 4.74. The number of hydrogen-bond acceptors (Lipinski definition) is 8. The Hall–Kier alpha value is -2.81. The third-order valence-corrected chi connectivity index (χ3v) is 7.06. The van der Waals surface area contributed by atoms with Gasteiger partial charge < -0.3 is 20.4 Å². The van der Waals surface area contributed by atoms with Crippen LogP contribution in [0.4, 0.5) is 28.8 Å². The van der Waals surface area contributed by atoms with E-state index in [4.69, 9.17) is 4.98 Å². The van der Waals surface area contributed by atoms with E-state index in [2.05, 4.69) is 100 Å². The third kappa shape index (κ3) is 7.34. The lowest BCUT2D eigenvalue weighted by Crippen LogP contribution is -2.46. The van der Waals surface area contributed by atoms with Gasteiger partial charge in [0.2, 0.25) is 5.95 Å². The van der Waals surface area contributed by atoms with Gasteiger partial charge in [-0.2, -0.15) is 4.98 Å². The van der Waals surface area contributed by atoms with Gasteiger partial charge in [0, 0.05) is 65.4 Å². The van der Waals surface area contributed by atoms with Crippen LogP contribution in [0, 0.1) is 6.92 Å². The molecule has 0 atom stereocenters. The Bertz CT molecular complexity index is 1100. The van der Waals surface area contributed by atoms with Gasteiger partial charge in [0.05, 0.1) is 0 Å². The van der Waals surface area contributed by atoms with Crippen molar-refractivity contribution < 1.29 is 0 Å². The van der Waals surface area contributed by atoms with Crippen LogP contribution in [-0.4, -0.2) is 53.1 Å². The second-order valence-corrected chi connectivity index (χ2v) is 10.8. The van der Waals surface area contributed by atoms with E-state index >= 15 is 0 Å². The lowest BCUT2D eigenvalue weighted by molar-refractivity contribution is 0.271. The summed E-state index contributed by atoms with van der Waals surface area (Å²) < 4.78 is 3.45. The standard InChI is InChI=1S/C27H37N7S/c1-6-33-14-16-34(17-15-33)23-12-10-21(11-13-23)30-26-28-19-20(2)25(31-26)29-22-8-7-9-24(18-22)35-32-27(3,4)5/h7-13,18-19,32H,6,14-17H2,1-5H3,(H2,28,29,30,31). The zero-order chi connectivity index (χ0) is 24.8. The SMILES string of the molecule is CCN1CCN(c2ccc(Nc3ncc(C)c(Nc4cccc(SNC(C)(C)C)c4)n3)cc2)CC1. The van der Waals surface area contributed by atoms with E-state index in [0.29, 0.717) is 5.95 Å². The Labute approximate surface area is 213 Å². The molecule has 35 heavy (non-hydrogen) atoms. The summed E-state index contributed by atoms with van der Waals surface area (Å²) in [6.07, 6.45) is 1.85. The number of hydrogen-bond donors (Lipinski definition) is 3. The van der Waals surface area contributed by atoms with E-state index < -0.39 is 0 Å². The molecule has 8 heteroatoms. The number of anilines is 5. The zero-order valence-corrected chi connectivity index (χ0v) is 22.2. The summed E-state index contributed by atoms with van der Waals surface area (Å²) in [5.41, 5.74) is 4.26. The van der Waals surface area contributed by atoms with Crippen molar-refractivity contribution in [3.8, 4) is 0 Å². The van der Waals surface area contributed by atoms with Crippen molar-refractivity contribution in [2.45, 2.75) is 45.1 Å². The second kappa shape index (κ2) is 11.3. The van der Waals surface area contributed by atoms with E-state index in [-0.39, 0.29) is 5.54 Å². The van der Waals surface area contributed by atoms with Crippen molar-refractivity contribution in [2.24, 2.45) is 0 Å². The Morgan fingerprint density at radius 1 is 0.943 bits per heavy atom. The van der Waals surface area contributed by atoms with Gasteiger partial charge in [-0.05, 0) is 88.7 Å². The number of nitrogens with one attached hydrogen (secondary N) is 3. The molecular weight excluding hydrogens is 454 g/mol. The highest BCUT2D eigenvalue weighted by atomic mass is 32.2. The minimum absolute atomic E-state index is 0.0418. The summed E-state index contributed by atoms with van der Waals surface area (Å²) in [6, 6.07) is 16.9. The molecule has 0 unspecified atom stereocenters. The van der Waals surface area contributed by atoms with Crippen LogP contribution in [0.5, 0.6) is 0 Å². The van der Waals surface area contributed by atoms with Crippen LogP contribution in [0.1, 0.15) is 33.3 Å². The summed E-state index contributed by atoms with van der Waals surface area (Å²) in [5, 5.41) is 6.80. The van der Waals surface area contributed by atoms with Gasteiger partial charge in [-0.1, -0.05) is 13.0 Å². The number of aromatic nitrogens is 2. The minimum atomic E-state index is 0.0418. The third-order valence-electron chi connectivity index (χ3n) is 5.85. The van der Waals surface area contributed by atoms with Crippen molar-refractivity contribution in [1.29, 1.82) is 0 Å². The van der Waals surface area contributed by atoms with Crippen LogP contribution in [0.2, 0.25) is 0 Å². The largest absolute Gasteiger partial charge is 0.369 e. The van der Waals surface area contributed by atoms with Crippen LogP contribution < -0.4 is 20.3 Å². The highest BCUT2D eigenvalue weighted by Gasteiger charge is 2.16. The van der Waals surface area contributed by atoms with Gasteiger partial charge in [-0.25, -0.2) is 4.98 Å². The molecule has 186 valence electrons. The summed E-state index contributed by atoms with van der Waals surface area (Å²) in [4.78, 5) is 15.3. The predicted molar refractivity (Wildman–Crippen MR) is 149 cm³/mol. The highest BCUT2D eigenvalue weighted by molar-refractivity contribution is 7.97. The molecule has 0 amide bonds. The van der Waals surface area contributed by atoms with Gasteiger partial charge in [0.15, 0.2) is 0 Å². The first kappa shape index (κ1) is 25.3. The number of nitrogens with zero attached hydrogens (tertiary/aromatic N) is 4. The lowest BCUT2D eigenvalue weighted by Gasteiger charge is -2.35. The van der Waals surface area contributed by atoms with Gasteiger partial charge in [0.1, 0.15) is 5.82 Å². The molecule has 1 fully saturated rings. The van der Waals surface area contributed by atoms with E-state index in [9.17, 15) is 0 Å². The molecule has 0 spiro atoms. The lowest BCUT2D eigenvalue weighted by atomic mass is 10.1. The van der Waals surface area contributed by atoms with Crippen LogP contribution in [-0.2, 0) is 0 Å². The van der Waals surface area contributed by atoms with Crippen molar-refractivity contribution in [3.05, 3.63) is 60.3 Å². The molecule has 0 radical (unpaired) electrons. The number of piperazine rings is 1. The number of likely N-dealkylation sites (N-methyl/N-ethyl adjacent to an activating group) is 1. The first-order chi connectivity index (χ1) is 16.8. The fraction of sp³-hybridized carbons (Fsp3) is 0.407. The molecule has 3 aromatic rings. The fourth-order valence-corrected chi connectivity index (χ4v) is 4.58. The van der Waals surface area contributed by atoms with Gasteiger partial charge in [0.25, 0.3) is 0 Å². The molecule has 0 aliphatic carbocycles. The average molecular weight is 492 g/mol. The van der Waals surface area contributed by atoms with Gasteiger partial charge in [-0.15, -0.1) is 0 Å². The minimum Gasteiger partial charge on any atom is -0.369 e. The average Bonchev–Trinajstić information content (AvgIpc) is 2.85. The van der Waals surface area contributed by atoms with E-state index in [1.165, 1.54) is 5.69 Å². The first-order valence-electron chi connectivity index (χ1n) is 12.3. The molecule has 3 N–H and O–H groups in total. The van der Waals surface area contributed by atoms with E-state index in [1.807, 2.05) is 19.2 Å². The van der Waals surface area contributed by atoms with Crippen molar-refractivity contribution in [3.63, 3.8) is 0 Å². The van der Waals surface area contributed by atoms with E-state index in [1.54, 1.807) is 11.9 Å². The summed E-state index contributed by atoms with van der Waals surface area (Å²) in [7, 11) is 0. The maximum Gasteiger partial charge on any atom is 0.229 e.